The van der Waals surface area contributed by atoms with Crippen LogP contribution in [-0.4, -0.2) is 6.61 Å². The molecule has 0 amide bonds. The number of nitrogens with one attached hydrogen (secondary N) is 1. The van der Waals surface area contributed by atoms with E-state index in [0.717, 1.165) is 23.9 Å². The zero-order chi connectivity index (χ0) is 15.2. The fourth-order valence-corrected chi connectivity index (χ4v) is 2.09. The number of anilines is 1. The Morgan fingerprint density at radius 3 is 2.62 bits per heavy atom. The molecule has 2 aromatic carbocycles. The van der Waals surface area contributed by atoms with E-state index >= 15 is 0 Å². The molecule has 0 aliphatic carbocycles. The van der Waals surface area contributed by atoms with Crippen LogP contribution in [0, 0.1) is 11.6 Å². The lowest BCUT2D eigenvalue weighted by Crippen LogP contribution is -2.10. The van der Waals surface area contributed by atoms with E-state index < -0.39 is 11.6 Å². The second-order valence-electron chi connectivity index (χ2n) is 4.88. The van der Waals surface area contributed by atoms with Gasteiger partial charge in [0.15, 0.2) is 0 Å². The largest absolute Gasteiger partial charge is 0.491 e. The van der Waals surface area contributed by atoms with Gasteiger partial charge in [-0.3, -0.25) is 0 Å². The summed E-state index contributed by atoms with van der Waals surface area (Å²) < 4.78 is 32.4. The Bertz CT molecular complexity index is 601. The van der Waals surface area contributed by atoms with E-state index in [1.165, 1.54) is 12.1 Å². The van der Waals surface area contributed by atoms with Crippen LogP contribution in [0.25, 0.3) is 0 Å². The van der Waals surface area contributed by atoms with Crippen molar-refractivity contribution in [2.45, 2.75) is 26.3 Å². The Morgan fingerprint density at radius 2 is 1.90 bits per heavy atom. The summed E-state index contributed by atoms with van der Waals surface area (Å²) in [5, 5.41) is 3.21. The van der Waals surface area contributed by atoms with Crippen molar-refractivity contribution < 1.29 is 13.5 Å². The van der Waals surface area contributed by atoms with Gasteiger partial charge in [-0.15, -0.1) is 0 Å². The molecule has 0 spiro atoms. The van der Waals surface area contributed by atoms with Crippen molar-refractivity contribution in [3.63, 3.8) is 0 Å². The van der Waals surface area contributed by atoms with E-state index in [-0.39, 0.29) is 6.04 Å². The number of benzene rings is 2. The molecule has 112 valence electrons. The van der Waals surface area contributed by atoms with E-state index in [1.54, 1.807) is 0 Å². The van der Waals surface area contributed by atoms with Crippen molar-refractivity contribution >= 4 is 5.69 Å². The maximum Gasteiger partial charge on any atom is 0.142 e. The van der Waals surface area contributed by atoms with Crippen LogP contribution in [0.5, 0.6) is 5.75 Å². The minimum absolute atomic E-state index is 0.294. The number of rotatable bonds is 6. The molecular formula is C17H19F2NO. The molecule has 0 aliphatic rings. The van der Waals surface area contributed by atoms with Gasteiger partial charge in [0.05, 0.1) is 18.3 Å². The quantitative estimate of drug-likeness (QED) is 0.815. The predicted molar refractivity (Wildman–Crippen MR) is 80.6 cm³/mol. The van der Waals surface area contributed by atoms with Crippen LogP contribution >= 0.6 is 0 Å². The Morgan fingerprint density at radius 1 is 1.14 bits per heavy atom. The van der Waals surface area contributed by atoms with Crippen LogP contribution in [0.4, 0.5) is 14.5 Å². The summed E-state index contributed by atoms with van der Waals surface area (Å²) in [5.74, 6) is -0.397. The highest BCUT2D eigenvalue weighted by atomic mass is 19.1. The van der Waals surface area contributed by atoms with Crippen molar-refractivity contribution in [2.24, 2.45) is 0 Å². The van der Waals surface area contributed by atoms with E-state index in [1.807, 2.05) is 38.1 Å². The average molecular weight is 291 g/mol. The topological polar surface area (TPSA) is 21.3 Å². The smallest absolute Gasteiger partial charge is 0.142 e. The molecule has 0 radical (unpaired) electrons. The van der Waals surface area contributed by atoms with Crippen LogP contribution in [0.3, 0.4) is 0 Å². The van der Waals surface area contributed by atoms with Crippen LogP contribution in [-0.2, 0) is 0 Å². The highest BCUT2D eigenvalue weighted by Gasteiger charge is 2.13. The van der Waals surface area contributed by atoms with Crippen LogP contribution in [0.2, 0.25) is 0 Å². The Labute approximate surface area is 123 Å². The molecule has 0 bridgehead atoms. The molecular weight excluding hydrogens is 272 g/mol. The molecule has 1 N–H and O–H groups in total. The number of para-hydroxylation sites is 2. The summed E-state index contributed by atoms with van der Waals surface area (Å²) in [6.45, 7) is 4.48. The molecule has 2 aromatic rings. The maximum atomic E-state index is 13.8. The SMILES string of the molecule is CCCOc1ccccc1NC(C)c1ccc(F)cc1F. The van der Waals surface area contributed by atoms with Gasteiger partial charge < -0.3 is 10.1 Å². The molecule has 0 saturated carbocycles. The monoisotopic (exact) mass is 291 g/mol. The lowest BCUT2D eigenvalue weighted by atomic mass is 10.1. The second kappa shape index (κ2) is 7.07. The molecule has 2 nitrogen and oxygen atoms in total. The summed E-state index contributed by atoms with van der Waals surface area (Å²) in [4.78, 5) is 0. The first kappa shape index (κ1) is 15.3. The molecule has 0 aromatic heterocycles. The first-order valence-electron chi connectivity index (χ1n) is 7.05. The Kier molecular flexibility index (Phi) is 5.14. The third-order valence-corrected chi connectivity index (χ3v) is 3.15. The number of ether oxygens (including phenoxy) is 1. The van der Waals surface area contributed by atoms with Gasteiger partial charge in [-0.2, -0.15) is 0 Å². The molecule has 1 atom stereocenters. The van der Waals surface area contributed by atoms with Crippen molar-refractivity contribution in [2.75, 3.05) is 11.9 Å². The zero-order valence-electron chi connectivity index (χ0n) is 12.2. The summed E-state index contributed by atoms with van der Waals surface area (Å²) in [5.41, 5.74) is 1.21. The van der Waals surface area contributed by atoms with Crippen molar-refractivity contribution in [3.05, 3.63) is 59.7 Å². The molecule has 0 aliphatic heterocycles. The second-order valence-corrected chi connectivity index (χ2v) is 4.88. The summed E-state index contributed by atoms with van der Waals surface area (Å²) >= 11 is 0. The molecule has 0 fully saturated rings. The summed E-state index contributed by atoms with van der Waals surface area (Å²) in [6, 6.07) is 10.8. The van der Waals surface area contributed by atoms with Crippen LogP contribution in [0.15, 0.2) is 42.5 Å². The Hall–Kier alpha value is -2.10. The van der Waals surface area contributed by atoms with Gasteiger partial charge in [0, 0.05) is 11.6 Å². The zero-order valence-corrected chi connectivity index (χ0v) is 12.2. The molecule has 0 heterocycles. The Balaban J connectivity index is 2.17. The van der Waals surface area contributed by atoms with Gasteiger partial charge in [-0.1, -0.05) is 25.1 Å². The molecule has 4 heteroatoms. The normalized spacial score (nSPS) is 12.0. The van der Waals surface area contributed by atoms with Gasteiger partial charge in [0.25, 0.3) is 0 Å². The standard InChI is InChI=1S/C17H19F2NO/c1-3-10-21-17-7-5-4-6-16(17)20-12(2)14-9-8-13(18)11-15(14)19/h4-9,11-12,20H,3,10H2,1-2H3. The third-order valence-electron chi connectivity index (χ3n) is 3.15. The first-order valence-corrected chi connectivity index (χ1v) is 7.05. The fourth-order valence-electron chi connectivity index (χ4n) is 2.09. The lowest BCUT2D eigenvalue weighted by Gasteiger charge is -2.19. The van der Waals surface area contributed by atoms with E-state index in [0.29, 0.717) is 12.2 Å². The molecule has 0 saturated heterocycles. The average Bonchev–Trinajstić information content (AvgIpc) is 2.46. The summed E-state index contributed by atoms with van der Waals surface area (Å²) in [7, 11) is 0. The molecule has 1 unspecified atom stereocenters. The maximum absolute atomic E-state index is 13.8. The van der Waals surface area contributed by atoms with Gasteiger partial charge in [-0.25, -0.2) is 8.78 Å². The number of hydrogen-bond donors (Lipinski definition) is 1. The predicted octanol–water partition coefficient (Wildman–Crippen LogP) is 4.93. The first-order chi connectivity index (χ1) is 10.1. The van der Waals surface area contributed by atoms with Crippen LogP contribution in [0.1, 0.15) is 31.9 Å². The van der Waals surface area contributed by atoms with E-state index in [4.69, 9.17) is 4.74 Å². The summed E-state index contributed by atoms with van der Waals surface area (Å²) in [6.07, 6.45) is 0.913. The minimum Gasteiger partial charge on any atom is -0.491 e. The lowest BCUT2D eigenvalue weighted by molar-refractivity contribution is 0.318. The number of hydrogen-bond acceptors (Lipinski definition) is 2. The van der Waals surface area contributed by atoms with Gasteiger partial charge in [0.1, 0.15) is 17.4 Å². The minimum atomic E-state index is -0.574. The van der Waals surface area contributed by atoms with Crippen molar-refractivity contribution in [1.82, 2.24) is 0 Å². The van der Waals surface area contributed by atoms with E-state index in [2.05, 4.69) is 5.32 Å². The molecule has 21 heavy (non-hydrogen) atoms. The fraction of sp³-hybridized carbons (Fsp3) is 0.294. The van der Waals surface area contributed by atoms with Crippen molar-refractivity contribution in [3.8, 4) is 5.75 Å². The number of halogens is 2. The van der Waals surface area contributed by atoms with Gasteiger partial charge >= 0.3 is 0 Å². The van der Waals surface area contributed by atoms with Crippen LogP contribution < -0.4 is 10.1 Å². The van der Waals surface area contributed by atoms with Gasteiger partial charge in [-0.05, 0) is 31.5 Å². The molecule has 2 rings (SSSR count). The third kappa shape index (κ3) is 3.94. The van der Waals surface area contributed by atoms with Gasteiger partial charge in [0.2, 0.25) is 0 Å². The highest BCUT2D eigenvalue weighted by molar-refractivity contribution is 5.57. The highest BCUT2D eigenvalue weighted by Crippen LogP contribution is 2.29. The van der Waals surface area contributed by atoms with Crippen molar-refractivity contribution in [1.29, 1.82) is 0 Å². The van der Waals surface area contributed by atoms with E-state index in [9.17, 15) is 8.78 Å².